The molecule has 3 aromatic heterocycles. The quantitative estimate of drug-likeness (QED) is 0.128. The van der Waals surface area contributed by atoms with E-state index in [1.807, 2.05) is 11.8 Å². The number of imidazole rings is 1. The Morgan fingerprint density at radius 1 is 1.02 bits per heavy atom. The highest BCUT2D eigenvalue weighted by Gasteiger charge is 2.40. The van der Waals surface area contributed by atoms with Crippen LogP contribution in [-0.4, -0.2) is 47.9 Å². The molecule has 1 N–H and O–H groups in total. The Hall–Kier alpha value is -3.17. The second kappa shape index (κ2) is 12.2. The van der Waals surface area contributed by atoms with Crippen LogP contribution in [-0.2, 0) is 23.6 Å². The normalized spacial score (nSPS) is 16.0. The summed E-state index contributed by atoms with van der Waals surface area (Å²) in [5.41, 5.74) is -1.79. The fourth-order valence-electron chi connectivity index (χ4n) is 5.25. The van der Waals surface area contributed by atoms with Crippen LogP contribution in [0, 0.1) is 0 Å². The van der Waals surface area contributed by atoms with Gasteiger partial charge in [-0.3, -0.25) is 4.98 Å². The molecular formula is C31H25Cl2F3IN5O3. The number of pyridine rings is 2. The fourth-order valence-corrected chi connectivity index (χ4v) is 6.07. The molecule has 4 heterocycles. The summed E-state index contributed by atoms with van der Waals surface area (Å²) in [5.74, 6) is 1.30. The molecule has 0 aliphatic carbocycles. The first-order chi connectivity index (χ1) is 21.3. The Balaban J connectivity index is 1.49. The third-order valence-electron chi connectivity index (χ3n) is 7.50. The van der Waals surface area contributed by atoms with Crippen molar-refractivity contribution in [3.63, 3.8) is 0 Å². The number of aliphatic hydroxyl groups is 1. The Morgan fingerprint density at radius 2 is 1.73 bits per heavy atom. The molecule has 14 heteroatoms. The van der Waals surface area contributed by atoms with Gasteiger partial charge in [0.25, 0.3) is 0 Å². The van der Waals surface area contributed by atoms with Crippen molar-refractivity contribution in [1.29, 1.82) is 0 Å². The number of anilines is 1. The molecule has 0 spiro atoms. The van der Waals surface area contributed by atoms with Gasteiger partial charge in [0, 0.05) is 42.3 Å². The van der Waals surface area contributed by atoms with Crippen molar-refractivity contribution in [2.45, 2.75) is 28.9 Å². The van der Waals surface area contributed by atoms with Crippen molar-refractivity contribution in [3.8, 4) is 11.5 Å². The van der Waals surface area contributed by atoms with Crippen LogP contribution in [0.2, 0.25) is 10.0 Å². The maximum absolute atomic E-state index is 13.3. The molecule has 45 heavy (non-hydrogen) atoms. The van der Waals surface area contributed by atoms with Crippen molar-refractivity contribution in [2.24, 2.45) is 7.05 Å². The lowest BCUT2D eigenvalue weighted by Crippen LogP contribution is -2.53. The topological polar surface area (TPSA) is 85.5 Å². The van der Waals surface area contributed by atoms with E-state index in [4.69, 9.17) is 37.7 Å². The fraction of sp³-hybridized carbons (Fsp3) is 0.258. The van der Waals surface area contributed by atoms with Crippen molar-refractivity contribution in [3.05, 3.63) is 106 Å². The van der Waals surface area contributed by atoms with Crippen molar-refractivity contribution in [2.75, 3.05) is 18.0 Å². The summed E-state index contributed by atoms with van der Waals surface area (Å²) in [5, 5.41) is 13.6. The van der Waals surface area contributed by atoms with Gasteiger partial charge in [-0.15, -0.1) is 0 Å². The molecule has 1 fully saturated rings. The number of nitrogens with zero attached hydrogens (tertiary/aromatic N) is 5. The molecule has 6 rings (SSSR count). The Bertz CT molecular complexity index is 1850. The largest absolute Gasteiger partial charge is 0.452 e. The number of alkyl halides is 4. The lowest BCUT2D eigenvalue weighted by Gasteiger charge is -2.41. The minimum Gasteiger partial charge on any atom is -0.452 e. The number of hydrogen-bond donors (Lipinski definition) is 1. The van der Waals surface area contributed by atoms with Gasteiger partial charge >= 0.3 is 6.18 Å². The maximum atomic E-state index is 13.3. The minimum absolute atomic E-state index is 0.0187. The van der Waals surface area contributed by atoms with Gasteiger partial charge in [0.1, 0.15) is 15.6 Å². The highest BCUT2D eigenvalue weighted by atomic mass is 127. The summed E-state index contributed by atoms with van der Waals surface area (Å²) in [4.78, 5) is 14.6. The predicted octanol–water partition coefficient (Wildman–Crippen LogP) is 7.75. The zero-order valence-corrected chi connectivity index (χ0v) is 27.4. The van der Waals surface area contributed by atoms with Gasteiger partial charge in [0.2, 0.25) is 0 Å². The molecule has 234 valence electrons. The molecule has 0 radical (unpaired) electrons. The number of hydrogen-bond acceptors (Lipinski definition) is 7. The molecule has 8 nitrogen and oxygen atoms in total. The summed E-state index contributed by atoms with van der Waals surface area (Å²) in [6.45, 7) is 3.13. The van der Waals surface area contributed by atoms with Gasteiger partial charge in [-0.2, -0.15) is 13.2 Å². The molecule has 1 aliphatic heterocycles. The van der Waals surface area contributed by atoms with Crippen LogP contribution in [0.3, 0.4) is 0 Å². The first kappa shape index (κ1) is 31.8. The monoisotopic (exact) mass is 769 g/mol. The van der Waals surface area contributed by atoms with Gasteiger partial charge in [-0.05, 0) is 55.0 Å². The van der Waals surface area contributed by atoms with Crippen LogP contribution in [0.5, 0.6) is 11.5 Å². The van der Waals surface area contributed by atoms with E-state index in [2.05, 4.69) is 32.6 Å². The molecule has 2 atom stereocenters. The average Bonchev–Trinajstić information content (AvgIpc) is 3.42. The number of rotatable bonds is 8. The van der Waals surface area contributed by atoms with Crippen LogP contribution < -0.4 is 9.64 Å². The number of aryl methyl sites for hydroxylation is 1. The van der Waals surface area contributed by atoms with Gasteiger partial charge in [-0.1, -0.05) is 57.9 Å². The van der Waals surface area contributed by atoms with E-state index in [-0.39, 0.29) is 20.8 Å². The maximum Gasteiger partial charge on any atom is 0.433 e. The Morgan fingerprint density at radius 3 is 2.33 bits per heavy atom. The van der Waals surface area contributed by atoms with Crippen molar-refractivity contribution in [1.82, 2.24) is 19.5 Å². The van der Waals surface area contributed by atoms with Crippen LogP contribution >= 0.6 is 45.8 Å². The van der Waals surface area contributed by atoms with Crippen molar-refractivity contribution >= 4 is 62.5 Å². The van der Waals surface area contributed by atoms with E-state index in [1.54, 1.807) is 54.1 Å². The van der Waals surface area contributed by atoms with E-state index in [9.17, 15) is 18.3 Å². The smallest absolute Gasteiger partial charge is 0.433 e. The summed E-state index contributed by atoms with van der Waals surface area (Å²) in [6.07, 6.45) is -0.679. The SMILES string of the molecule is CC(I)OC1CN(c2nc3ccc(C(O)(c4ccc(C(F)(F)F)nc4)c4cncn4C)cc3c(Cl)c2Oc2ccc(Cl)cc2)C1. The molecule has 1 saturated heterocycles. The van der Waals surface area contributed by atoms with Crippen LogP contribution in [0.25, 0.3) is 10.9 Å². The Kier molecular flexibility index (Phi) is 8.63. The third kappa shape index (κ3) is 6.18. The molecule has 0 amide bonds. The zero-order valence-electron chi connectivity index (χ0n) is 23.8. The van der Waals surface area contributed by atoms with Crippen LogP contribution in [0.4, 0.5) is 19.0 Å². The summed E-state index contributed by atoms with van der Waals surface area (Å²) >= 11 is 15.4. The second-order valence-corrected chi connectivity index (χ2v) is 13.2. The highest BCUT2D eigenvalue weighted by Crippen LogP contribution is 2.45. The molecule has 2 aromatic carbocycles. The lowest BCUT2D eigenvalue weighted by molar-refractivity contribution is -0.141. The first-order valence-corrected chi connectivity index (χ1v) is 15.7. The van der Waals surface area contributed by atoms with E-state index in [0.717, 1.165) is 12.3 Å². The minimum atomic E-state index is -4.64. The molecule has 5 aromatic rings. The second-order valence-electron chi connectivity index (χ2n) is 10.6. The number of ether oxygens (including phenoxy) is 2. The lowest BCUT2D eigenvalue weighted by atomic mass is 9.83. The van der Waals surface area contributed by atoms with Gasteiger partial charge in [0.05, 0.1) is 34.9 Å². The van der Waals surface area contributed by atoms with E-state index in [1.165, 1.54) is 18.6 Å². The van der Waals surface area contributed by atoms with E-state index in [0.29, 0.717) is 57.6 Å². The predicted molar refractivity (Wildman–Crippen MR) is 173 cm³/mol. The molecule has 0 bridgehead atoms. The molecule has 2 unspecified atom stereocenters. The number of benzene rings is 2. The third-order valence-corrected chi connectivity index (χ3v) is 8.42. The highest BCUT2D eigenvalue weighted by molar-refractivity contribution is 14.1. The van der Waals surface area contributed by atoms with Gasteiger partial charge < -0.3 is 24.0 Å². The molecule has 0 saturated carbocycles. The first-order valence-electron chi connectivity index (χ1n) is 13.7. The summed E-state index contributed by atoms with van der Waals surface area (Å²) in [6, 6.07) is 13.8. The zero-order chi connectivity index (χ0) is 32.1. The number of fused-ring (bicyclic) bond motifs is 1. The summed E-state index contributed by atoms with van der Waals surface area (Å²) < 4.78 is 53.8. The molecular weight excluding hydrogens is 745 g/mol. The van der Waals surface area contributed by atoms with Crippen LogP contribution in [0.1, 0.15) is 29.4 Å². The van der Waals surface area contributed by atoms with E-state index < -0.39 is 17.5 Å². The van der Waals surface area contributed by atoms with Crippen molar-refractivity contribution < 1.29 is 27.8 Å². The average molecular weight is 770 g/mol. The van der Waals surface area contributed by atoms with E-state index >= 15 is 0 Å². The van der Waals surface area contributed by atoms with Crippen LogP contribution in [0.15, 0.2) is 73.3 Å². The summed E-state index contributed by atoms with van der Waals surface area (Å²) in [7, 11) is 1.67. The van der Waals surface area contributed by atoms with Gasteiger partial charge in [0.15, 0.2) is 17.2 Å². The van der Waals surface area contributed by atoms with Gasteiger partial charge in [-0.25, -0.2) is 9.97 Å². The number of aromatic nitrogens is 4. The standard InChI is InChI=1S/C31H25Cl2F3IN5O3/c1-17(37)44-22-14-42(15-22)29-28(45-21-7-5-20(32)6-8-21)27(33)23-11-18(3-9-24(23)40-29)30(43,26-13-38-16-41(26)2)19-4-10-25(39-12-19)31(34,35)36/h3-13,16-17,22,43H,14-15H2,1-2H3. The Labute approximate surface area is 279 Å². The molecule has 1 aliphatic rings. The number of halogens is 6.